The Kier molecular flexibility index (Phi) is 3.09. The molecule has 6 heteroatoms. The fourth-order valence-electron chi connectivity index (χ4n) is 1.31. The van der Waals surface area contributed by atoms with Crippen molar-refractivity contribution in [1.29, 1.82) is 0 Å². The molecule has 2 N–H and O–H groups in total. The molecule has 0 saturated carbocycles. The lowest BCUT2D eigenvalue weighted by Gasteiger charge is -2.10. The van der Waals surface area contributed by atoms with Crippen LogP contribution < -0.4 is 5.32 Å². The molecule has 2 aromatic rings. The van der Waals surface area contributed by atoms with Crippen LogP contribution in [0.25, 0.3) is 0 Å². The van der Waals surface area contributed by atoms with Crippen LogP contribution in [0.1, 0.15) is 28.9 Å². The smallest absolute Gasteiger partial charge is 0.256 e. The molecule has 0 aliphatic carbocycles. The molecule has 0 aromatic carbocycles. The first-order valence-corrected chi connectivity index (χ1v) is 5.50. The lowest BCUT2D eigenvalue weighted by atomic mass is 10.2. The van der Waals surface area contributed by atoms with Gasteiger partial charge in [0.25, 0.3) is 5.91 Å². The van der Waals surface area contributed by atoms with Gasteiger partial charge in [-0.25, -0.2) is 0 Å². The lowest BCUT2D eigenvalue weighted by molar-refractivity contribution is 0.0938. The summed E-state index contributed by atoms with van der Waals surface area (Å²) >= 11 is 3.16. The lowest BCUT2D eigenvalue weighted by Crippen LogP contribution is -2.26. The van der Waals surface area contributed by atoms with Gasteiger partial charge in [-0.15, -0.1) is 0 Å². The van der Waals surface area contributed by atoms with Crippen molar-refractivity contribution in [2.75, 3.05) is 0 Å². The van der Waals surface area contributed by atoms with Gasteiger partial charge in [0.1, 0.15) is 0 Å². The molecule has 0 spiro atoms. The maximum Gasteiger partial charge on any atom is 0.256 e. The van der Waals surface area contributed by atoms with E-state index < -0.39 is 0 Å². The Morgan fingerprint density at radius 3 is 3.06 bits per heavy atom. The van der Waals surface area contributed by atoms with Crippen molar-refractivity contribution in [1.82, 2.24) is 15.5 Å². The summed E-state index contributed by atoms with van der Waals surface area (Å²) in [4.78, 5) is 11.8. The van der Waals surface area contributed by atoms with Gasteiger partial charge in [-0.1, -0.05) is 0 Å². The van der Waals surface area contributed by atoms with E-state index in [1.807, 2.05) is 6.92 Å². The molecule has 16 heavy (non-hydrogen) atoms. The van der Waals surface area contributed by atoms with Gasteiger partial charge >= 0.3 is 0 Å². The average molecular weight is 284 g/mol. The van der Waals surface area contributed by atoms with Crippen LogP contribution >= 0.6 is 15.9 Å². The molecule has 0 fully saturated rings. The summed E-state index contributed by atoms with van der Waals surface area (Å²) in [5.74, 6) is -0.186. The normalized spacial score (nSPS) is 12.4. The summed E-state index contributed by atoms with van der Waals surface area (Å²) in [5.41, 5.74) is 1.41. The SMILES string of the molecule is CC(NC(=O)c1ccoc1Br)c1cn[nH]c1. The van der Waals surface area contributed by atoms with E-state index in [2.05, 4.69) is 31.4 Å². The van der Waals surface area contributed by atoms with E-state index in [1.165, 1.54) is 6.26 Å². The highest BCUT2D eigenvalue weighted by Crippen LogP contribution is 2.18. The molecule has 2 aromatic heterocycles. The van der Waals surface area contributed by atoms with Crippen molar-refractivity contribution < 1.29 is 9.21 Å². The predicted octanol–water partition coefficient (Wildman–Crippen LogP) is 2.26. The van der Waals surface area contributed by atoms with Crippen LogP contribution in [0.2, 0.25) is 0 Å². The first kappa shape index (κ1) is 10.9. The van der Waals surface area contributed by atoms with Crippen molar-refractivity contribution in [3.8, 4) is 0 Å². The Bertz CT molecular complexity index is 478. The third-order valence-electron chi connectivity index (χ3n) is 2.23. The number of hydrogen-bond acceptors (Lipinski definition) is 3. The van der Waals surface area contributed by atoms with Gasteiger partial charge in [0.05, 0.1) is 24.1 Å². The van der Waals surface area contributed by atoms with Gasteiger partial charge in [0, 0.05) is 11.8 Å². The standard InChI is InChI=1S/C10H10BrN3O2/c1-6(7-4-12-13-5-7)14-10(15)8-2-3-16-9(8)11/h2-6H,1H3,(H,12,13)(H,14,15). The Morgan fingerprint density at radius 2 is 2.50 bits per heavy atom. The molecule has 1 amide bonds. The van der Waals surface area contributed by atoms with Crippen molar-refractivity contribution in [2.24, 2.45) is 0 Å². The van der Waals surface area contributed by atoms with Gasteiger partial charge in [-0.2, -0.15) is 5.10 Å². The molecule has 0 aliphatic rings. The fourth-order valence-corrected chi connectivity index (χ4v) is 1.73. The largest absolute Gasteiger partial charge is 0.457 e. The van der Waals surface area contributed by atoms with Gasteiger partial charge in [-0.05, 0) is 28.9 Å². The fraction of sp³-hybridized carbons (Fsp3) is 0.200. The Balaban J connectivity index is 2.06. The summed E-state index contributed by atoms with van der Waals surface area (Å²) in [6.07, 6.45) is 4.88. The molecular weight excluding hydrogens is 274 g/mol. The molecule has 2 rings (SSSR count). The monoisotopic (exact) mass is 283 g/mol. The Morgan fingerprint density at radius 1 is 1.69 bits per heavy atom. The number of aromatic amines is 1. The molecule has 0 aliphatic heterocycles. The number of nitrogens with zero attached hydrogens (tertiary/aromatic N) is 1. The molecule has 0 radical (unpaired) electrons. The zero-order valence-corrected chi connectivity index (χ0v) is 10.1. The number of rotatable bonds is 3. The number of carbonyl (C=O) groups is 1. The molecule has 84 valence electrons. The number of amides is 1. The van der Waals surface area contributed by atoms with E-state index in [4.69, 9.17) is 4.42 Å². The minimum absolute atomic E-state index is 0.104. The van der Waals surface area contributed by atoms with Crippen LogP contribution in [0, 0.1) is 0 Å². The highest BCUT2D eigenvalue weighted by atomic mass is 79.9. The van der Waals surface area contributed by atoms with E-state index in [0.29, 0.717) is 10.2 Å². The second-order valence-electron chi connectivity index (χ2n) is 3.33. The highest BCUT2D eigenvalue weighted by molar-refractivity contribution is 9.10. The van der Waals surface area contributed by atoms with Crippen molar-refractivity contribution in [3.63, 3.8) is 0 Å². The van der Waals surface area contributed by atoms with E-state index in [0.717, 1.165) is 5.56 Å². The minimum Gasteiger partial charge on any atom is -0.457 e. The minimum atomic E-state index is -0.186. The third kappa shape index (κ3) is 2.16. The van der Waals surface area contributed by atoms with Crippen molar-refractivity contribution >= 4 is 21.8 Å². The number of halogens is 1. The zero-order chi connectivity index (χ0) is 11.5. The Hall–Kier alpha value is -1.56. The van der Waals surface area contributed by atoms with E-state index in [1.54, 1.807) is 18.5 Å². The van der Waals surface area contributed by atoms with Crippen LogP contribution in [0.5, 0.6) is 0 Å². The second-order valence-corrected chi connectivity index (χ2v) is 4.06. The van der Waals surface area contributed by atoms with Gasteiger partial charge in [0.2, 0.25) is 0 Å². The molecule has 1 unspecified atom stereocenters. The van der Waals surface area contributed by atoms with Crippen LogP contribution in [0.3, 0.4) is 0 Å². The maximum absolute atomic E-state index is 11.8. The van der Waals surface area contributed by atoms with Gasteiger partial charge < -0.3 is 9.73 Å². The summed E-state index contributed by atoms with van der Waals surface area (Å²) < 4.78 is 5.43. The van der Waals surface area contributed by atoms with Crippen LogP contribution in [0.4, 0.5) is 0 Å². The second kappa shape index (κ2) is 4.52. The van der Waals surface area contributed by atoms with E-state index in [9.17, 15) is 4.79 Å². The van der Waals surface area contributed by atoms with Gasteiger partial charge in [0.15, 0.2) is 4.67 Å². The average Bonchev–Trinajstić information content (AvgIpc) is 2.86. The quantitative estimate of drug-likeness (QED) is 0.908. The van der Waals surface area contributed by atoms with Crippen LogP contribution in [-0.4, -0.2) is 16.1 Å². The first-order chi connectivity index (χ1) is 7.68. The number of hydrogen-bond donors (Lipinski definition) is 2. The predicted molar refractivity (Wildman–Crippen MR) is 60.9 cm³/mol. The van der Waals surface area contributed by atoms with Crippen molar-refractivity contribution in [3.05, 3.63) is 40.5 Å². The van der Waals surface area contributed by atoms with Crippen molar-refractivity contribution in [2.45, 2.75) is 13.0 Å². The summed E-state index contributed by atoms with van der Waals surface area (Å²) in [7, 11) is 0. The molecule has 0 saturated heterocycles. The number of H-pyrrole nitrogens is 1. The highest BCUT2D eigenvalue weighted by Gasteiger charge is 2.16. The first-order valence-electron chi connectivity index (χ1n) is 4.71. The number of furan rings is 1. The van der Waals surface area contributed by atoms with Crippen LogP contribution in [0.15, 0.2) is 33.8 Å². The zero-order valence-electron chi connectivity index (χ0n) is 8.53. The van der Waals surface area contributed by atoms with Gasteiger partial charge in [-0.3, -0.25) is 9.89 Å². The third-order valence-corrected chi connectivity index (χ3v) is 2.84. The summed E-state index contributed by atoms with van der Waals surface area (Å²) in [6, 6.07) is 1.51. The van der Waals surface area contributed by atoms with Crippen LogP contribution in [-0.2, 0) is 0 Å². The molecule has 5 nitrogen and oxygen atoms in total. The van der Waals surface area contributed by atoms with E-state index >= 15 is 0 Å². The summed E-state index contributed by atoms with van der Waals surface area (Å²) in [5, 5.41) is 9.36. The molecular formula is C10H10BrN3O2. The summed E-state index contributed by atoms with van der Waals surface area (Å²) in [6.45, 7) is 1.89. The number of nitrogens with one attached hydrogen (secondary N) is 2. The number of aromatic nitrogens is 2. The maximum atomic E-state index is 11.8. The van der Waals surface area contributed by atoms with E-state index in [-0.39, 0.29) is 11.9 Å². The molecule has 2 heterocycles. The molecule has 1 atom stereocenters. The Labute approximate surface area is 100 Å². The topological polar surface area (TPSA) is 70.9 Å². The number of carbonyl (C=O) groups excluding carboxylic acids is 1. The molecule has 0 bridgehead atoms.